The molecule has 1 atom stereocenters. The lowest BCUT2D eigenvalue weighted by Crippen LogP contribution is -2.47. The van der Waals surface area contributed by atoms with Crippen LogP contribution in [0.25, 0.3) is 0 Å². The van der Waals surface area contributed by atoms with Gasteiger partial charge in [0.1, 0.15) is 6.04 Å². The Hall–Kier alpha value is -1.40. The summed E-state index contributed by atoms with van der Waals surface area (Å²) >= 11 is 0. The van der Waals surface area contributed by atoms with Crippen molar-refractivity contribution in [3.63, 3.8) is 0 Å². The third-order valence-electron chi connectivity index (χ3n) is 3.89. The maximum absolute atomic E-state index is 12.6. The number of sulfonamides is 1. The van der Waals surface area contributed by atoms with E-state index in [9.17, 15) is 18.3 Å². The van der Waals surface area contributed by atoms with Crippen LogP contribution in [0.15, 0.2) is 29.2 Å². The van der Waals surface area contributed by atoms with Gasteiger partial charge in [-0.25, -0.2) is 8.42 Å². The van der Waals surface area contributed by atoms with Crippen molar-refractivity contribution in [1.82, 2.24) is 4.31 Å². The van der Waals surface area contributed by atoms with Crippen LogP contribution in [0.2, 0.25) is 0 Å². The average molecular weight is 311 g/mol. The van der Waals surface area contributed by atoms with Crippen LogP contribution in [0.5, 0.6) is 0 Å². The SMILES string of the molecule is CC(C)c1ccc(S(=O)(=O)N2CCCCC2C(=O)O)cc1. The van der Waals surface area contributed by atoms with Crippen LogP contribution in [0.1, 0.15) is 44.6 Å². The lowest BCUT2D eigenvalue weighted by molar-refractivity contribution is -0.142. The van der Waals surface area contributed by atoms with Gasteiger partial charge in [0, 0.05) is 6.54 Å². The first kappa shape index (κ1) is 16.0. The number of carboxylic acids is 1. The van der Waals surface area contributed by atoms with E-state index < -0.39 is 22.0 Å². The van der Waals surface area contributed by atoms with E-state index in [1.807, 2.05) is 13.8 Å². The Morgan fingerprint density at radius 3 is 2.38 bits per heavy atom. The fraction of sp³-hybridized carbons (Fsp3) is 0.533. The van der Waals surface area contributed by atoms with Crippen LogP contribution in [-0.4, -0.2) is 36.4 Å². The van der Waals surface area contributed by atoms with Gasteiger partial charge in [-0.1, -0.05) is 26.0 Å². The molecular formula is C15H21NO4S. The summed E-state index contributed by atoms with van der Waals surface area (Å²) in [6.07, 6.45) is 1.82. The smallest absolute Gasteiger partial charge is 0.322 e. The first-order chi connectivity index (χ1) is 9.84. The molecule has 116 valence electrons. The third kappa shape index (κ3) is 3.27. The molecule has 1 saturated heterocycles. The van der Waals surface area contributed by atoms with Gasteiger partial charge < -0.3 is 5.11 Å². The number of carbonyl (C=O) groups is 1. The molecule has 21 heavy (non-hydrogen) atoms. The highest BCUT2D eigenvalue weighted by molar-refractivity contribution is 7.89. The fourth-order valence-electron chi connectivity index (χ4n) is 2.60. The Balaban J connectivity index is 2.33. The Morgan fingerprint density at radius 2 is 1.86 bits per heavy atom. The van der Waals surface area contributed by atoms with Crippen LogP contribution in [0.4, 0.5) is 0 Å². The summed E-state index contributed by atoms with van der Waals surface area (Å²) < 4.78 is 26.4. The molecule has 0 spiro atoms. The van der Waals surface area contributed by atoms with Gasteiger partial charge in [-0.2, -0.15) is 4.31 Å². The molecule has 0 radical (unpaired) electrons. The summed E-state index contributed by atoms with van der Waals surface area (Å²) in [6.45, 7) is 4.34. The molecule has 1 aromatic carbocycles. The van der Waals surface area contributed by atoms with Crippen LogP contribution in [0.3, 0.4) is 0 Å². The monoisotopic (exact) mass is 311 g/mol. The van der Waals surface area contributed by atoms with Gasteiger partial charge in [0.25, 0.3) is 0 Å². The number of rotatable bonds is 4. The number of benzene rings is 1. The zero-order chi connectivity index (χ0) is 15.6. The second-order valence-corrected chi connectivity index (χ2v) is 7.58. The van der Waals surface area contributed by atoms with Gasteiger partial charge in [-0.3, -0.25) is 4.79 Å². The third-order valence-corrected chi connectivity index (χ3v) is 5.81. The van der Waals surface area contributed by atoms with Crippen molar-refractivity contribution in [2.24, 2.45) is 0 Å². The van der Waals surface area contributed by atoms with E-state index in [4.69, 9.17) is 0 Å². The minimum absolute atomic E-state index is 0.167. The molecule has 1 aliphatic heterocycles. The highest BCUT2D eigenvalue weighted by atomic mass is 32.2. The number of nitrogens with zero attached hydrogens (tertiary/aromatic N) is 1. The molecule has 5 nitrogen and oxygen atoms in total. The van der Waals surface area contributed by atoms with E-state index in [1.165, 1.54) is 0 Å². The molecular weight excluding hydrogens is 290 g/mol. The summed E-state index contributed by atoms with van der Waals surface area (Å²) in [5.74, 6) is -0.749. The quantitative estimate of drug-likeness (QED) is 0.926. The molecule has 0 saturated carbocycles. The van der Waals surface area contributed by atoms with Gasteiger partial charge in [0.2, 0.25) is 10.0 Å². The first-order valence-electron chi connectivity index (χ1n) is 7.18. The zero-order valence-electron chi connectivity index (χ0n) is 12.3. The van der Waals surface area contributed by atoms with Crippen molar-refractivity contribution < 1.29 is 18.3 Å². The van der Waals surface area contributed by atoms with E-state index in [1.54, 1.807) is 24.3 Å². The predicted octanol–water partition coefficient (Wildman–Crippen LogP) is 2.44. The number of hydrogen-bond donors (Lipinski definition) is 1. The first-order valence-corrected chi connectivity index (χ1v) is 8.62. The van der Waals surface area contributed by atoms with Crippen LogP contribution < -0.4 is 0 Å². The highest BCUT2D eigenvalue weighted by Gasteiger charge is 2.37. The van der Waals surface area contributed by atoms with Gasteiger partial charge in [-0.05, 0) is 42.9 Å². The maximum Gasteiger partial charge on any atom is 0.322 e. The van der Waals surface area contributed by atoms with E-state index in [2.05, 4.69) is 0 Å². The lowest BCUT2D eigenvalue weighted by Gasteiger charge is -2.31. The van der Waals surface area contributed by atoms with E-state index in [0.29, 0.717) is 18.8 Å². The van der Waals surface area contributed by atoms with Gasteiger partial charge in [-0.15, -0.1) is 0 Å². The zero-order valence-corrected chi connectivity index (χ0v) is 13.1. The number of carboxylic acid groups (broad SMARTS) is 1. The molecule has 0 aliphatic carbocycles. The van der Waals surface area contributed by atoms with E-state index in [-0.39, 0.29) is 11.4 Å². The summed E-state index contributed by atoms with van der Waals surface area (Å²) in [5, 5.41) is 9.23. The average Bonchev–Trinajstić information content (AvgIpc) is 2.47. The highest BCUT2D eigenvalue weighted by Crippen LogP contribution is 2.26. The second kappa shape index (κ2) is 6.15. The summed E-state index contributed by atoms with van der Waals surface area (Å²) in [7, 11) is -3.75. The van der Waals surface area contributed by atoms with Gasteiger partial charge >= 0.3 is 5.97 Å². The van der Waals surface area contributed by atoms with Crippen molar-refractivity contribution in [1.29, 1.82) is 0 Å². The van der Waals surface area contributed by atoms with Crippen LogP contribution in [0, 0.1) is 0 Å². The van der Waals surface area contributed by atoms with Crippen LogP contribution >= 0.6 is 0 Å². The lowest BCUT2D eigenvalue weighted by atomic mass is 10.0. The summed E-state index contributed by atoms with van der Waals surface area (Å²) in [5.41, 5.74) is 1.06. The summed E-state index contributed by atoms with van der Waals surface area (Å²) in [4.78, 5) is 11.4. The Kier molecular flexibility index (Phi) is 4.68. The second-order valence-electron chi connectivity index (χ2n) is 5.69. The molecule has 0 bridgehead atoms. The molecule has 1 N–H and O–H groups in total. The molecule has 1 unspecified atom stereocenters. The minimum Gasteiger partial charge on any atom is -0.480 e. The molecule has 0 aromatic heterocycles. The van der Waals surface area contributed by atoms with Crippen molar-refractivity contribution >= 4 is 16.0 Å². The number of hydrogen-bond acceptors (Lipinski definition) is 3. The normalized spacial score (nSPS) is 20.6. The molecule has 6 heteroatoms. The predicted molar refractivity (Wildman–Crippen MR) is 79.7 cm³/mol. The molecule has 1 fully saturated rings. The summed E-state index contributed by atoms with van der Waals surface area (Å²) in [6, 6.07) is 5.76. The standard InChI is InChI=1S/C15H21NO4S/c1-11(2)12-6-8-13(9-7-12)21(19,20)16-10-4-3-5-14(16)15(17)18/h6-9,11,14H,3-5,10H2,1-2H3,(H,17,18). The molecule has 2 rings (SSSR count). The maximum atomic E-state index is 12.6. The number of piperidine rings is 1. The fourth-order valence-corrected chi connectivity index (χ4v) is 4.25. The Bertz CT molecular complexity index is 607. The molecule has 1 aliphatic rings. The molecule has 1 aromatic rings. The molecule has 0 amide bonds. The topological polar surface area (TPSA) is 74.7 Å². The van der Waals surface area contributed by atoms with E-state index >= 15 is 0 Å². The van der Waals surface area contributed by atoms with Gasteiger partial charge in [0.05, 0.1) is 4.90 Å². The van der Waals surface area contributed by atoms with E-state index in [0.717, 1.165) is 16.3 Å². The van der Waals surface area contributed by atoms with Gasteiger partial charge in [0.15, 0.2) is 0 Å². The van der Waals surface area contributed by atoms with Crippen molar-refractivity contribution in [2.75, 3.05) is 6.54 Å². The van der Waals surface area contributed by atoms with Crippen LogP contribution in [-0.2, 0) is 14.8 Å². The Morgan fingerprint density at radius 1 is 1.24 bits per heavy atom. The van der Waals surface area contributed by atoms with Crippen molar-refractivity contribution in [3.05, 3.63) is 29.8 Å². The van der Waals surface area contributed by atoms with Crippen molar-refractivity contribution in [2.45, 2.75) is 50.0 Å². The minimum atomic E-state index is -3.75. The Labute approximate surface area is 125 Å². The number of aliphatic carboxylic acids is 1. The van der Waals surface area contributed by atoms with Crippen molar-refractivity contribution in [3.8, 4) is 0 Å². The largest absolute Gasteiger partial charge is 0.480 e. The molecule has 1 heterocycles.